The summed E-state index contributed by atoms with van der Waals surface area (Å²) in [6.45, 7) is 4.12. The summed E-state index contributed by atoms with van der Waals surface area (Å²) in [5.74, 6) is -0.420. The van der Waals surface area contributed by atoms with Crippen LogP contribution in [0.25, 0.3) is 0 Å². The molecule has 0 spiro atoms. The molecule has 0 bridgehead atoms. The molecule has 0 aliphatic heterocycles. The summed E-state index contributed by atoms with van der Waals surface area (Å²) in [5.41, 5.74) is 10.4. The van der Waals surface area contributed by atoms with Gasteiger partial charge in [-0.25, -0.2) is 4.39 Å². The fourth-order valence-corrected chi connectivity index (χ4v) is 2.57. The Morgan fingerprint density at radius 2 is 1.68 bits per heavy atom. The topological polar surface area (TPSA) is 26.0 Å². The fraction of sp³-hybridized carbons (Fsp3) is 0.250. The van der Waals surface area contributed by atoms with Crippen molar-refractivity contribution < 1.29 is 4.39 Å². The highest BCUT2D eigenvalue weighted by Gasteiger charge is 2.15. The van der Waals surface area contributed by atoms with Crippen LogP contribution in [0, 0.1) is 19.7 Å². The first-order chi connectivity index (χ1) is 9.00. The van der Waals surface area contributed by atoms with E-state index in [9.17, 15) is 4.39 Å². The van der Waals surface area contributed by atoms with E-state index in [0.29, 0.717) is 12.0 Å². The van der Waals surface area contributed by atoms with Gasteiger partial charge in [0, 0.05) is 6.04 Å². The van der Waals surface area contributed by atoms with Crippen molar-refractivity contribution in [3.63, 3.8) is 0 Å². The van der Waals surface area contributed by atoms with Gasteiger partial charge in [-0.2, -0.15) is 0 Å². The van der Waals surface area contributed by atoms with Gasteiger partial charge in [-0.1, -0.05) is 41.9 Å². The van der Waals surface area contributed by atoms with Gasteiger partial charge >= 0.3 is 0 Å². The lowest BCUT2D eigenvalue weighted by Crippen LogP contribution is -2.15. The Bertz CT molecular complexity index is 575. The Morgan fingerprint density at radius 3 is 2.32 bits per heavy atom. The minimum atomic E-state index is -0.420. The zero-order valence-corrected chi connectivity index (χ0v) is 11.8. The van der Waals surface area contributed by atoms with Crippen molar-refractivity contribution >= 4 is 11.6 Å². The third kappa shape index (κ3) is 2.96. The molecule has 19 heavy (non-hydrogen) atoms. The minimum absolute atomic E-state index is 0.126. The molecular weight excluding hydrogens is 261 g/mol. The monoisotopic (exact) mass is 277 g/mol. The third-order valence-electron chi connectivity index (χ3n) is 3.45. The predicted molar refractivity (Wildman–Crippen MR) is 78.0 cm³/mol. The van der Waals surface area contributed by atoms with E-state index in [1.807, 2.05) is 6.07 Å². The number of benzene rings is 2. The summed E-state index contributed by atoms with van der Waals surface area (Å²) in [6.07, 6.45) is 0.654. The highest BCUT2D eigenvalue weighted by atomic mass is 35.5. The van der Waals surface area contributed by atoms with E-state index in [1.54, 1.807) is 12.1 Å². The lowest BCUT2D eigenvalue weighted by atomic mass is 9.93. The maximum Gasteiger partial charge on any atom is 0.142 e. The first-order valence-corrected chi connectivity index (χ1v) is 6.63. The summed E-state index contributed by atoms with van der Waals surface area (Å²) >= 11 is 5.98. The number of halogens is 2. The van der Waals surface area contributed by atoms with Crippen molar-refractivity contribution in [2.45, 2.75) is 26.3 Å². The standard InChI is InChI=1S/C16H17ClFN/c1-10-5-3-6-11(2)13(10)9-15(19)12-7-4-8-14(18)16(12)17/h3-8,15H,9,19H2,1-2H3. The van der Waals surface area contributed by atoms with Crippen LogP contribution in [0.3, 0.4) is 0 Å². The van der Waals surface area contributed by atoms with Crippen LogP contribution in [0.5, 0.6) is 0 Å². The molecule has 0 aliphatic rings. The quantitative estimate of drug-likeness (QED) is 0.887. The molecule has 0 saturated heterocycles. The first kappa shape index (κ1) is 14.0. The van der Waals surface area contributed by atoms with Gasteiger partial charge in [0.15, 0.2) is 0 Å². The number of nitrogens with two attached hydrogens (primary N) is 1. The average molecular weight is 278 g/mol. The van der Waals surface area contributed by atoms with E-state index >= 15 is 0 Å². The Labute approximate surface area is 118 Å². The van der Waals surface area contributed by atoms with Crippen LogP contribution < -0.4 is 5.73 Å². The molecule has 0 saturated carbocycles. The first-order valence-electron chi connectivity index (χ1n) is 6.25. The number of hydrogen-bond donors (Lipinski definition) is 1. The van der Waals surface area contributed by atoms with Crippen molar-refractivity contribution in [2.75, 3.05) is 0 Å². The van der Waals surface area contributed by atoms with Crippen LogP contribution in [0.4, 0.5) is 4.39 Å². The molecule has 1 atom stereocenters. The van der Waals surface area contributed by atoms with Gasteiger partial charge in [-0.3, -0.25) is 0 Å². The van der Waals surface area contributed by atoms with Crippen molar-refractivity contribution in [3.05, 3.63) is 69.5 Å². The predicted octanol–water partition coefficient (Wildman–Crippen LogP) is 4.34. The molecule has 2 aromatic rings. The summed E-state index contributed by atoms with van der Waals surface area (Å²) < 4.78 is 13.4. The Balaban J connectivity index is 2.31. The lowest BCUT2D eigenvalue weighted by Gasteiger charge is -2.17. The highest BCUT2D eigenvalue weighted by molar-refractivity contribution is 6.31. The molecule has 0 radical (unpaired) electrons. The largest absolute Gasteiger partial charge is 0.324 e. The van der Waals surface area contributed by atoms with Gasteiger partial charge in [-0.05, 0) is 48.6 Å². The molecule has 3 heteroatoms. The van der Waals surface area contributed by atoms with Crippen LogP contribution >= 0.6 is 11.6 Å². The molecule has 0 aromatic heterocycles. The SMILES string of the molecule is Cc1cccc(C)c1CC(N)c1cccc(F)c1Cl. The molecule has 0 aliphatic carbocycles. The van der Waals surface area contributed by atoms with E-state index < -0.39 is 5.82 Å². The van der Waals surface area contributed by atoms with Crippen LogP contribution in [-0.4, -0.2) is 0 Å². The second kappa shape index (κ2) is 5.72. The van der Waals surface area contributed by atoms with E-state index in [4.69, 9.17) is 17.3 Å². The fourth-order valence-electron chi connectivity index (χ4n) is 2.31. The molecular formula is C16H17ClFN. The van der Waals surface area contributed by atoms with Gasteiger partial charge in [0.25, 0.3) is 0 Å². The molecule has 1 nitrogen and oxygen atoms in total. The highest BCUT2D eigenvalue weighted by Crippen LogP contribution is 2.28. The van der Waals surface area contributed by atoms with E-state index in [2.05, 4.69) is 26.0 Å². The normalized spacial score (nSPS) is 12.5. The van der Waals surface area contributed by atoms with Crippen LogP contribution in [-0.2, 0) is 6.42 Å². The average Bonchev–Trinajstić information content (AvgIpc) is 2.37. The van der Waals surface area contributed by atoms with Crippen LogP contribution in [0.15, 0.2) is 36.4 Å². The molecule has 0 heterocycles. The smallest absolute Gasteiger partial charge is 0.142 e. The molecule has 2 N–H and O–H groups in total. The van der Waals surface area contributed by atoms with E-state index in [0.717, 1.165) is 0 Å². The second-order valence-electron chi connectivity index (χ2n) is 4.82. The number of hydrogen-bond acceptors (Lipinski definition) is 1. The van der Waals surface area contributed by atoms with Crippen molar-refractivity contribution in [3.8, 4) is 0 Å². The summed E-state index contributed by atoms with van der Waals surface area (Å²) in [5, 5.41) is 0.126. The maximum atomic E-state index is 13.4. The summed E-state index contributed by atoms with van der Waals surface area (Å²) in [7, 11) is 0. The number of rotatable bonds is 3. The van der Waals surface area contributed by atoms with Crippen LogP contribution in [0.1, 0.15) is 28.3 Å². The molecule has 100 valence electrons. The Kier molecular flexibility index (Phi) is 4.23. The Hall–Kier alpha value is -1.38. The molecule has 0 fully saturated rings. The van der Waals surface area contributed by atoms with Crippen molar-refractivity contribution in [2.24, 2.45) is 5.73 Å². The Morgan fingerprint density at radius 1 is 1.11 bits per heavy atom. The molecule has 2 aromatic carbocycles. The number of aryl methyl sites for hydroxylation is 2. The van der Waals surface area contributed by atoms with Crippen LogP contribution in [0.2, 0.25) is 5.02 Å². The summed E-state index contributed by atoms with van der Waals surface area (Å²) in [6, 6.07) is 10.6. The van der Waals surface area contributed by atoms with Crippen molar-refractivity contribution in [1.82, 2.24) is 0 Å². The van der Waals surface area contributed by atoms with Gasteiger partial charge in [0.05, 0.1) is 5.02 Å². The van der Waals surface area contributed by atoms with Gasteiger partial charge in [-0.15, -0.1) is 0 Å². The third-order valence-corrected chi connectivity index (χ3v) is 3.85. The maximum absolute atomic E-state index is 13.4. The van der Waals surface area contributed by atoms with Gasteiger partial charge in [0.1, 0.15) is 5.82 Å². The van der Waals surface area contributed by atoms with Crippen molar-refractivity contribution in [1.29, 1.82) is 0 Å². The molecule has 0 amide bonds. The lowest BCUT2D eigenvalue weighted by molar-refractivity contribution is 0.619. The molecule has 2 rings (SSSR count). The van der Waals surface area contributed by atoms with E-state index in [1.165, 1.54) is 22.8 Å². The molecule has 1 unspecified atom stereocenters. The van der Waals surface area contributed by atoms with Gasteiger partial charge < -0.3 is 5.73 Å². The van der Waals surface area contributed by atoms with Gasteiger partial charge in [0.2, 0.25) is 0 Å². The second-order valence-corrected chi connectivity index (χ2v) is 5.20. The zero-order valence-electron chi connectivity index (χ0n) is 11.1. The minimum Gasteiger partial charge on any atom is -0.324 e. The van der Waals surface area contributed by atoms with E-state index in [-0.39, 0.29) is 11.1 Å². The zero-order chi connectivity index (χ0) is 14.0. The summed E-state index contributed by atoms with van der Waals surface area (Å²) in [4.78, 5) is 0.